The van der Waals surface area contributed by atoms with Gasteiger partial charge in [-0.25, -0.2) is 4.98 Å². The average Bonchev–Trinajstić information content (AvgIpc) is 3.11. The lowest BCUT2D eigenvalue weighted by Gasteiger charge is -2.04. The van der Waals surface area contributed by atoms with Crippen molar-refractivity contribution in [2.24, 2.45) is 0 Å². The van der Waals surface area contributed by atoms with Crippen molar-refractivity contribution in [3.8, 4) is 11.5 Å². The molecule has 106 valence electrons. The van der Waals surface area contributed by atoms with Crippen LogP contribution in [0.15, 0.2) is 30.6 Å². The van der Waals surface area contributed by atoms with Gasteiger partial charge >= 0.3 is 0 Å². The van der Waals surface area contributed by atoms with Gasteiger partial charge in [0.15, 0.2) is 16.5 Å². The molecule has 0 unspecified atom stereocenters. The molecular formula is C14H11N3O3S. The Bertz CT molecular complexity index is 821. The number of thiazole rings is 1. The highest BCUT2D eigenvalue weighted by Gasteiger charge is 2.16. The van der Waals surface area contributed by atoms with Crippen LogP contribution in [0.2, 0.25) is 0 Å². The Balaban J connectivity index is 1.58. The zero-order valence-electron chi connectivity index (χ0n) is 11.1. The van der Waals surface area contributed by atoms with Crippen molar-refractivity contribution in [3.05, 3.63) is 41.2 Å². The maximum atomic E-state index is 12.2. The second kappa shape index (κ2) is 4.49. The highest BCUT2D eigenvalue weighted by molar-refractivity contribution is 7.17. The van der Waals surface area contributed by atoms with Crippen molar-refractivity contribution in [3.63, 3.8) is 0 Å². The maximum absolute atomic E-state index is 12.2. The fraction of sp³-hybridized carbons (Fsp3) is 0.143. The molecule has 0 saturated carbocycles. The molecule has 21 heavy (non-hydrogen) atoms. The van der Waals surface area contributed by atoms with Gasteiger partial charge in [-0.05, 0) is 19.1 Å². The molecule has 1 aliphatic heterocycles. The quantitative estimate of drug-likeness (QED) is 0.790. The number of amides is 1. The summed E-state index contributed by atoms with van der Waals surface area (Å²) in [5.41, 5.74) is 1.04. The van der Waals surface area contributed by atoms with E-state index < -0.39 is 0 Å². The van der Waals surface area contributed by atoms with Crippen molar-refractivity contribution in [1.29, 1.82) is 0 Å². The Hall–Kier alpha value is -2.54. The molecule has 1 amide bonds. The van der Waals surface area contributed by atoms with Gasteiger partial charge in [-0.2, -0.15) is 0 Å². The van der Waals surface area contributed by atoms with E-state index in [1.165, 1.54) is 0 Å². The summed E-state index contributed by atoms with van der Waals surface area (Å²) in [5, 5.41) is 2.81. The molecule has 2 aromatic heterocycles. The summed E-state index contributed by atoms with van der Waals surface area (Å²) in [6.45, 7) is 2.22. The molecule has 1 aromatic carbocycles. The molecule has 0 fully saturated rings. The van der Waals surface area contributed by atoms with Crippen molar-refractivity contribution < 1.29 is 14.3 Å². The van der Waals surface area contributed by atoms with Gasteiger partial charge in [0.25, 0.3) is 5.91 Å². The minimum Gasteiger partial charge on any atom is -0.454 e. The van der Waals surface area contributed by atoms with Crippen LogP contribution in [-0.2, 0) is 0 Å². The summed E-state index contributed by atoms with van der Waals surface area (Å²) in [5.74, 6) is 1.07. The standard InChI is InChI=1S/C14H11N3O3S/c1-8-5-17-6-10(16-14(17)21-8)13(18)15-9-2-3-11-12(4-9)20-7-19-11/h2-6H,7H2,1H3,(H,15,18). The fourth-order valence-electron chi connectivity index (χ4n) is 2.19. The lowest BCUT2D eigenvalue weighted by Crippen LogP contribution is -2.12. The topological polar surface area (TPSA) is 64.9 Å². The smallest absolute Gasteiger partial charge is 0.275 e. The maximum Gasteiger partial charge on any atom is 0.275 e. The molecule has 0 bridgehead atoms. The van der Waals surface area contributed by atoms with E-state index in [1.807, 2.05) is 17.5 Å². The van der Waals surface area contributed by atoms with Crippen molar-refractivity contribution >= 4 is 27.9 Å². The van der Waals surface area contributed by atoms with Crippen LogP contribution in [-0.4, -0.2) is 22.1 Å². The first-order valence-corrected chi connectivity index (χ1v) is 7.17. The summed E-state index contributed by atoms with van der Waals surface area (Å²) in [7, 11) is 0. The van der Waals surface area contributed by atoms with Crippen LogP contribution in [0.3, 0.4) is 0 Å². The first-order valence-electron chi connectivity index (χ1n) is 6.35. The predicted octanol–water partition coefficient (Wildman–Crippen LogP) is 2.69. The van der Waals surface area contributed by atoms with E-state index in [2.05, 4.69) is 10.3 Å². The second-order valence-corrected chi connectivity index (χ2v) is 5.89. The summed E-state index contributed by atoms with van der Waals surface area (Å²) in [6, 6.07) is 5.28. The highest BCUT2D eigenvalue weighted by Crippen LogP contribution is 2.34. The number of aromatic nitrogens is 2. The Morgan fingerprint density at radius 1 is 1.33 bits per heavy atom. The molecule has 0 radical (unpaired) electrons. The third-order valence-corrected chi connectivity index (χ3v) is 4.05. The number of imidazole rings is 1. The van der Waals surface area contributed by atoms with E-state index in [0.29, 0.717) is 22.9 Å². The van der Waals surface area contributed by atoms with Gasteiger partial charge in [-0.1, -0.05) is 0 Å². The van der Waals surface area contributed by atoms with Crippen LogP contribution in [0.25, 0.3) is 4.96 Å². The van der Waals surface area contributed by atoms with Gasteiger partial charge in [-0.15, -0.1) is 11.3 Å². The summed E-state index contributed by atoms with van der Waals surface area (Å²) < 4.78 is 12.4. The van der Waals surface area contributed by atoms with Crippen LogP contribution in [0, 0.1) is 6.92 Å². The van der Waals surface area contributed by atoms with Crippen LogP contribution in [0.1, 0.15) is 15.4 Å². The van der Waals surface area contributed by atoms with Gasteiger partial charge < -0.3 is 14.8 Å². The van der Waals surface area contributed by atoms with E-state index in [-0.39, 0.29) is 12.7 Å². The molecule has 4 rings (SSSR count). The number of nitrogens with one attached hydrogen (secondary N) is 1. The number of carbonyl (C=O) groups is 1. The lowest BCUT2D eigenvalue weighted by molar-refractivity contribution is 0.102. The number of benzene rings is 1. The minimum absolute atomic E-state index is 0.212. The molecule has 0 atom stereocenters. The molecule has 0 aliphatic carbocycles. The Morgan fingerprint density at radius 2 is 2.19 bits per heavy atom. The SMILES string of the molecule is Cc1cn2cc(C(=O)Nc3ccc4c(c3)OCO4)nc2s1. The molecule has 1 aliphatic rings. The zero-order valence-corrected chi connectivity index (χ0v) is 11.9. The number of nitrogens with zero attached hydrogens (tertiary/aromatic N) is 2. The number of hydrogen-bond acceptors (Lipinski definition) is 5. The second-order valence-electron chi connectivity index (χ2n) is 4.68. The monoisotopic (exact) mass is 301 g/mol. The van der Waals surface area contributed by atoms with E-state index >= 15 is 0 Å². The predicted molar refractivity (Wildman–Crippen MR) is 78.3 cm³/mol. The molecule has 3 heterocycles. The molecule has 1 N–H and O–H groups in total. The van der Waals surface area contributed by atoms with Gasteiger partial charge in [0, 0.05) is 29.0 Å². The molecule has 7 heteroatoms. The Labute approximate surface area is 123 Å². The van der Waals surface area contributed by atoms with E-state index in [1.54, 1.807) is 35.7 Å². The van der Waals surface area contributed by atoms with Crippen molar-refractivity contribution in [2.45, 2.75) is 6.92 Å². The molecule has 3 aromatic rings. The lowest BCUT2D eigenvalue weighted by atomic mass is 10.2. The van der Waals surface area contributed by atoms with Crippen molar-refractivity contribution in [1.82, 2.24) is 9.38 Å². The van der Waals surface area contributed by atoms with Crippen LogP contribution < -0.4 is 14.8 Å². The molecule has 0 spiro atoms. The number of carbonyl (C=O) groups excluding carboxylic acids is 1. The largest absolute Gasteiger partial charge is 0.454 e. The number of aryl methyl sites for hydroxylation is 1. The van der Waals surface area contributed by atoms with Crippen LogP contribution >= 0.6 is 11.3 Å². The third-order valence-electron chi connectivity index (χ3n) is 3.13. The number of anilines is 1. The number of fused-ring (bicyclic) bond motifs is 2. The van der Waals surface area contributed by atoms with E-state index in [0.717, 1.165) is 9.84 Å². The Kier molecular flexibility index (Phi) is 2.61. The first kappa shape index (κ1) is 12.2. The third kappa shape index (κ3) is 2.11. The van der Waals surface area contributed by atoms with E-state index in [4.69, 9.17) is 9.47 Å². The average molecular weight is 301 g/mol. The van der Waals surface area contributed by atoms with Crippen LogP contribution in [0.5, 0.6) is 11.5 Å². The Morgan fingerprint density at radius 3 is 3.05 bits per heavy atom. The molecule has 6 nitrogen and oxygen atoms in total. The molecular weight excluding hydrogens is 290 g/mol. The molecule has 0 saturated heterocycles. The van der Waals surface area contributed by atoms with E-state index in [9.17, 15) is 4.79 Å². The normalized spacial score (nSPS) is 12.8. The van der Waals surface area contributed by atoms with Gasteiger partial charge in [0.1, 0.15) is 5.69 Å². The highest BCUT2D eigenvalue weighted by atomic mass is 32.1. The number of ether oxygens (including phenoxy) is 2. The summed E-state index contributed by atoms with van der Waals surface area (Å²) in [4.78, 5) is 18.5. The fourth-order valence-corrected chi connectivity index (χ4v) is 3.00. The van der Waals surface area contributed by atoms with Gasteiger partial charge in [0.2, 0.25) is 6.79 Å². The van der Waals surface area contributed by atoms with Gasteiger partial charge in [-0.3, -0.25) is 9.20 Å². The summed E-state index contributed by atoms with van der Waals surface area (Å²) in [6.07, 6.45) is 3.67. The van der Waals surface area contributed by atoms with Crippen molar-refractivity contribution in [2.75, 3.05) is 12.1 Å². The first-order chi connectivity index (χ1) is 10.2. The van der Waals surface area contributed by atoms with Gasteiger partial charge in [0.05, 0.1) is 0 Å². The van der Waals surface area contributed by atoms with Crippen LogP contribution in [0.4, 0.5) is 5.69 Å². The zero-order chi connectivity index (χ0) is 14.4. The minimum atomic E-state index is -0.248. The number of hydrogen-bond donors (Lipinski definition) is 1. The number of rotatable bonds is 2. The summed E-state index contributed by atoms with van der Waals surface area (Å²) >= 11 is 1.55.